The van der Waals surface area contributed by atoms with E-state index in [0.717, 1.165) is 48.1 Å². The van der Waals surface area contributed by atoms with Crippen molar-refractivity contribution in [3.63, 3.8) is 0 Å². The number of nitrogens with zero attached hydrogens (tertiary/aromatic N) is 5. The SMILES string of the molecule is Cc1nc(N2CC3CC2CN3c2ccc(F)cc2)nc2c1ccc(=O)n2-c1ccc(C(=O)NCc2ccc(S(C)(=O)=O)cc2)cc1. The zero-order chi connectivity index (χ0) is 32.2. The Morgan fingerprint density at radius 2 is 1.52 bits per heavy atom. The lowest BCUT2D eigenvalue weighted by atomic mass is 10.1. The van der Waals surface area contributed by atoms with E-state index in [1.54, 1.807) is 42.5 Å². The van der Waals surface area contributed by atoms with E-state index in [2.05, 4.69) is 15.1 Å². The van der Waals surface area contributed by atoms with E-state index < -0.39 is 9.84 Å². The standard InChI is InChI=1S/C34H31FN6O4S/c1-21-30-15-16-31(42)41(26-9-5-23(6-10-26)33(43)36-18-22-3-13-29(14-4-22)46(2,44)45)32(30)38-34(37-21)40-20-27-17-28(40)19-39(27)25-11-7-24(35)8-12-25/h3-16,27-28H,17-20H2,1-2H3,(H,36,43). The minimum atomic E-state index is -3.30. The van der Waals surface area contributed by atoms with E-state index in [-0.39, 0.29) is 40.8 Å². The lowest BCUT2D eigenvalue weighted by molar-refractivity contribution is 0.0951. The maximum Gasteiger partial charge on any atom is 0.256 e. The first-order valence-electron chi connectivity index (χ1n) is 14.9. The number of halogens is 1. The average molecular weight is 639 g/mol. The Hall–Kier alpha value is -5.10. The second-order valence-electron chi connectivity index (χ2n) is 11.8. The normalized spacial score (nSPS) is 17.5. The van der Waals surface area contributed by atoms with Crippen LogP contribution >= 0.6 is 0 Å². The fourth-order valence-electron chi connectivity index (χ4n) is 6.39. The Kier molecular flexibility index (Phi) is 7.31. The Balaban J connectivity index is 1.11. The van der Waals surface area contributed by atoms with Crippen molar-refractivity contribution in [3.05, 3.63) is 118 Å². The van der Waals surface area contributed by atoms with Gasteiger partial charge in [0.15, 0.2) is 15.5 Å². The summed E-state index contributed by atoms with van der Waals surface area (Å²) in [4.78, 5) is 40.6. The van der Waals surface area contributed by atoms with Gasteiger partial charge in [-0.2, -0.15) is 4.98 Å². The molecule has 2 unspecified atom stereocenters. The molecular weight excluding hydrogens is 607 g/mol. The van der Waals surface area contributed by atoms with E-state index in [4.69, 9.17) is 9.97 Å². The van der Waals surface area contributed by atoms with Gasteiger partial charge in [-0.25, -0.2) is 17.8 Å². The van der Waals surface area contributed by atoms with Gasteiger partial charge in [0.2, 0.25) is 5.95 Å². The molecule has 2 saturated heterocycles. The number of piperazine rings is 1. The van der Waals surface area contributed by atoms with Gasteiger partial charge in [0.1, 0.15) is 5.82 Å². The summed E-state index contributed by atoms with van der Waals surface area (Å²) in [5, 5.41) is 3.60. The van der Waals surface area contributed by atoms with Gasteiger partial charge in [0, 0.05) is 54.6 Å². The third kappa shape index (κ3) is 5.49. The number of hydrogen-bond acceptors (Lipinski definition) is 8. The fourth-order valence-corrected chi connectivity index (χ4v) is 7.02. The molecule has 1 N–H and O–H groups in total. The Labute approximate surface area is 265 Å². The van der Waals surface area contributed by atoms with Crippen molar-refractivity contribution in [1.29, 1.82) is 0 Å². The molecule has 2 aromatic heterocycles. The number of sulfone groups is 1. The highest BCUT2D eigenvalue weighted by molar-refractivity contribution is 7.90. The van der Waals surface area contributed by atoms with Crippen molar-refractivity contribution in [2.45, 2.75) is 36.9 Å². The summed E-state index contributed by atoms with van der Waals surface area (Å²) >= 11 is 0. The third-order valence-corrected chi connectivity index (χ3v) is 9.91. The number of nitrogens with one attached hydrogen (secondary N) is 1. The lowest BCUT2D eigenvalue weighted by Crippen LogP contribution is -2.47. The van der Waals surface area contributed by atoms with Crippen LogP contribution in [0.3, 0.4) is 0 Å². The highest BCUT2D eigenvalue weighted by Crippen LogP contribution is 2.37. The smallest absolute Gasteiger partial charge is 0.256 e. The van der Waals surface area contributed by atoms with Crippen LogP contribution in [0, 0.1) is 12.7 Å². The van der Waals surface area contributed by atoms with Gasteiger partial charge in [-0.05, 0) is 85.6 Å². The summed E-state index contributed by atoms with van der Waals surface area (Å²) in [6, 6.07) is 23.4. The molecule has 1 amide bonds. The Morgan fingerprint density at radius 3 is 2.17 bits per heavy atom. The average Bonchev–Trinajstić information content (AvgIpc) is 3.66. The second-order valence-corrected chi connectivity index (χ2v) is 13.8. The van der Waals surface area contributed by atoms with Crippen LogP contribution < -0.4 is 20.7 Å². The Bertz CT molecular complexity index is 2140. The van der Waals surface area contributed by atoms with Crippen molar-refractivity contribution in [2.24, 2.45) is 0 Å². The van der Waals surface area contributed by atoms with Gasteiger partial charge in [0.25, 0.3) is 11.5 Å². The van der Waals surface area contributed by atoms with Gasteiger partial charge < -0.3 is 15.1 Å². The van der Waals surface area contributed by atoms with Crippen LogP contribution in [0.5, 0.6) is 0 Å². The van der Waals surface area contributed by atoms with E-state index in [9.17, 15) is 22.4 Å². The third-order valence-electron chi connectivity index (χ3n) is 8.78. The number of pyridine rings is 1. The number of hydrogen-bond donors (Lipinski definition) is 1. The molecule has 4 heterocycles. The maximum absolute atomic E-state index is 13.5. The topological polar surface area (TPSA) is 118 Å². The van der Waals surface area contributed by atoms with Crippen LogP contribution in [0.1, 0.15) is 28.0 Å². The van der Waals surface area contributed by atoms with Gasteiger partial charge in [0.05, 0.1) is 22.3 Å². The molecule has 234 valence electrons. The predicted octanol–water partition coefficient (Wildman–Crippen LogP) is 4.03. The van der Waals surface area contributed by atoms with Crippen LogP contribution in [0.4, 0.5) is 16.0 Å². The molecule has 5 aromatic rings. The highest BCUT2D eigenvalue weighted by atomic mass is 32.2. The van der Waals surface area contributed by atoms with Crippen LogP contribution in [0.25, 0.3) is 16.7 Å². The number of fused-ring (bicyclic) bond motifs is 3. The van der Waals surface area contributed by atoms with Gasteiger partial charge in [-0.1, -0.05) is 12.1 Å². The predicted molar refractivity (Wildman–Crippen MR) is 174 cm³/mol. The van der Waals surface area contributed by atoms with E-state index in [1.165, 1.54) is 34.9 Å². The number of carbonyl (C=O) groups excluding carboxylic acids is 1. The van der Waals surface area contributed by atoms with Crippen molar-refractivity contribution < 1.29 is 17.6 Å². The highest BCUT2D eigenvalue weighted by Gasteiger charge is 2.44. The van der Waals surface area contributed by atoms with Crippen LogP contribution in [-0.2, 0) is 16.4 Å². The Morgan fingerprint density at radius 1 is 0.870 bits per heavy atom. The van der Waals surface area contributed by atoms with Crippen LogP contribution in [-0.4, -0.2) is 60.3 Å². The number of carbonyl (C=O) groups is 1. The number of benzene rings is 3. The largest absolute Gasteiger partial charge is 0.365 e. The molecule has 0 saturated carbocycles. The molecule has 2 aliphatic rings. The molecule has 3 aromatic carbocycles. The number of aryl methyl sites for hydroxylation is 1. The summed E-state index contributed by atoms with van der Waals surface area (Å²) in [5.74, 6) is 0.00858. The molecule has 46 heavy (non-hydrogen) atoms. The first kappa shape index (κ1) is 29.6. The van der Waals surface area contributed by atoms with E-state index in [0.29, 0.717) is 22.8 Å². The molecule has 7 rings (SSSR count). The van der Waals surface area contributed by atoms with Crippen molar-refractivity contribution >= 4 is 38.4 Å². The molecule has 12 heteroatoms. The van der Waals surface area contributed by atoms with Crippen molar-refractivity contribution in [3.8, 4) is 5.69 Å². The molecule has 0 aliphatic carbocycles. The number of rotatable bonds is 7. The quantitative estimate of drug-likeness (QED) is 0.284. The van der Waals surface area contributed by atoms with E-state index >= 15 is 0 Å². The molecule has 0 radical (unpaired) electrons. The molecular formula is C34H31FN6O4S. The van der Waals surface area contributed by atoms with Gasteiger partial charge >= 0.3 is 0 Å². The lowest BCUT2D eigenvalue weighted by Gasteiger charge is -2.35. The zero-order valence-corrected chi connectivity index (χ0v) is 26.0. The summed E-state index contributed by atoms with van der Waals surface area (Å²) in [5.41, 5.74) is 3.73. The van der Waals surface area contributed by atoms with Crippen LogP contribution in [0.15, 0.2) is 94.6 Å². The molecule has 10 nitrogen and oxygen atoms in total. The van der Waals surface area contributed by atoms with Gasteiger partial charge in [-0.15, -0.1) is 0 Å². The minimum Gasteiger partial charge on any atom is -0.365 e. The summed E-state index contributed by atoms with van der Waals surface area (Å²) < 4.78 is 38.4. The van der Waals surface area contributed by atoms with Gasteiger partial charge in [-0.3, -0.25) is 14.2 Å². The van der Waals surface area contributed by atoms with Crippen molar-refractivity contribution in [1.82, 2.24) is 19.9 Å². The summed E-state index contributed by atoms with van der Waals surface area (Å²) in [6.45, 7) is 3.62. The molecule has 2 bridgehead atoms. The number of anilines is 2. The second kappa shape index (κ2) is 11.4. The fraction of sp³-hybridized carbons (Fsp3) is 0.235. The first-order valence-corrected chi connectivity index (χ1v) is 16.8. The molecule has 2 aliphatic heterocycles. The zero-order valence-electron chi connectivity index (χ0n) is 25.2. The van der Waals surface area contributed by atoms with Crippen LogP contribution in [0.2, 0.25) is 0 Å². The maximum atomic E-state index is 13.5. The van der Waals surface area contributed by atoms with E-state index in [1.807, 2.05) is 19.1 Å². The molecule has 2 atom stereocenters. The molecule has 0 spiro atoms. The summed E-state index contributed by atoms with van der Waals surface area (Å²) in [6.07, 6.45) is 2.09. The monoisotopic (exact) mass is 638 g/mol. The first-order chi connectivity index (χ1) is 22.0. The number of aromatic nitrogens is 3. The number of amides is 1. The van der Waals surface area contributed by atoms with Crippen molar-refractivity contribution in [2.75, 3.05) is 29.1 Å². The minimum absolute atomic E-state index is 0.186. The molecule has 2 fully saturated rings. The summed E-state index contributed by atoms with van der Waals surface area (Å²) in [7, 11) is -3.30.